The number of piperazine rings is 1. The van der Waals surface area contributed by atoms with Gasteiger partial charge in [0, 0.05) is 37.1 Å². The normalized spacial score (nSPS) is 16.3. The second-order valence-electron chi connectivity index (χ2n) is 6.78. The highest BCUT2D eigenvalue weighted by Gasteiger charge is 2.26. The van der Waals surface area contributed by atoms with Gasteiger partial charge in [0.2, 0.25) is 0 Å². The monoisotopic (exact) mass is 467 g/mol. The van der Waals surface area contributed by atoms with E-state index in [2.05, 4.69) is 33.8 Å². The van der Waals surface area contributed by atoms with E-state index in [9.17, 15) is 0 Å². The van der Waals surface area contributed by atoms with Gasteiger partial charge in [0.05, 0.1) is 31.5 Å². The highest BCUT2D eigenvalue weighted by Crippen LogP contribution is 2.34. The molecule has 4 rings (SSSR count). The Morgan fingerprint density at radius 1 is 1.03 bits per heavy atom. The lowest BCUT2D eigenvalue weighted by atomic mass is 10.0. The SMILES string of the molecule is COc1ccccc1-c1nc(CN2CCNCC2c2ccccc2OC)cs1.Cl.Cl. The molecule has 3 aromatic rings. The third-order valence-corrected chi connectivity index (χ3v) is 6.03. The first-order valence-corrected chi connectivity index (χ1v) is 10.3. The molecule has 0 radical (unpaired) electrons. The Balaban J connectivity index is 0.00000160. The number of aromatic nitrogens is 1. The number of benzene rings is 2. The Labute approximate surface area is 194 Å². The fourth-order valence-corrected chi connectivity index (χ4v) is 4.56. The molecule has 8 heteroatoms. The van der Waals surface area contributed by atoms with Crippen molar-refractivity contribution < 1.29 is 9.47 Å². The first-order valence-electron chi connectivity index (χ1n) is 9.45. The van der Waals surface area contributed by atoms with Crippen LogP contribution in [-0.4, -0.2) is 43.7 Å². The van der Waals surface area contributed by atoms with Crippen molar-refractivity contribution in [1.29, 1.82) is 0 Å². The Morgan fingerprint density at radius 3 is 2.50 bits per heavy atom. The van der Waals surface area contributed by atoms with Crippen LogP contribution in [0.5, 0.6) is 11.5 Å². The summed E-state index contributed by atoms with van der Waals surface area (Å²) in [6.07, 6.45) is 0. The van der Waals surface area contributed by atoms with Gasteiger partial charge >= 0.3 is 0 Å². The molecule has 30 heavy (non-hydrogen) atoms. The highest BCUT2D eigenvalue weighted by molar-refractivity contribution is 7.13. The highest BCUT2D eigenvalue weighted by atomic mass is 35.5. The van der Waals surface area contributed by atoms with E-state index in [1.54, 1.807) is 25.6 Å². The summed E-state index contributed by atoms with van der Waals surface area (Å²) in [7, 11) is 3.44. The lowest BCUT2D eigenvalue weighted by Gasteiger charge is -2.36. The van der Waals surface area contributed by atoms with Gasteiger partial charge in [0.1, 0.15) is 16.5 Å². The molecular weight excluding hydrogens is 441 g/mol. The van der Waals surface area contributed by atoms with E-state index in [1.807, 2.05) is 30.3 Å². The van der Waals surface area contributed by atoms with Crippen LogP contribution in [0.15, 0.2) is 53.9 Å². The smallest absolute Gasteiger partial charge is 0.129 e. The molecule has 2 aromatic carbocycles. The molecule has 1 saturated heterocycles. The summed E-state index contributed by atoms with van der Waals surface area (Å²) in [4.78, 5) is 7.38. The summed E-state index contributed by atoms with van der Waals surface area (Å²) in [6.45, 7) is 3.68. The first-order chi connectivity index (χ1) is 13.8. The number of halogens is 2. The van der Waals surface area contributed by atoms with E-state index in [0.717, 1.165) is 53.9 Å². The Morgan fingerprint density at radius 2 is 1.73 bits per heavy atom. The standard InChI is InChI=1S/C22H25N3O2S.2ClH/c1-26-20-9-5-3-7-17(20)19-13-23-11-12-25(19)14-16-15-28-22(24-16)18-8-4-6-10-21(18)27-2;;/h3-10,15,19,23H,11-14H2,1-2H3;2*1H. The second kappa shape index (κ2) is 11.5. The van der Waals surface area contributed by atoms with Crippen molar-refractivity contribution in [3.8, 4) is 22.1 Å². The Kier molecular flexibility index (Phi) is 9.39. The minimum atomic E-state index is 0. The van der Waals surface area contributed by atoms with Gasteiger partial charge in [0.15, 0.2) is 0 Å². The molecule has 5 nitrogen and oxygen atoms in total. The number of ether oxygens (including phenoxy) is 2. The van der Waals surface area contributed by atoms with Crippen LogP contribution in [0.25, 0.3) is 10.6 Å². The molecule has 1 aliphatic rings. The largest absolute Gasteiger partial charge is 0.496 e. The maximum atomic E-state index is 5.60. The number of hydrogen-bond acceptors (Lipinski definition) is 6. The van der Waals surface area contributed by atoms with E-state index in [0.29, 0.717) is 0 Å². The van der Waals surface area contributed by atoms with E-state index in [-0.39, 0.29) is 30.9 Å². The summed E-state index contributed by atoms with van der Waals surface area (Å²) in [5.41, 5.74) is 3.35. The summed E-state index contributed by atoms with van der Waals surface area (Å²) >= 11 is 1.67. The summed E-state index contributed by atoms with van der Waals surface area (Å²) in [6, 6.07) is 16.6. The molecule has 0 amide bonds. The van der Waals surface area contributed by atoms with Crippen LogP contribution in [-0.2, 0) is 6.54 Å². The third kappa shape index (κ3) is 5.25. The number of methoxy groups -OCH3 is 2. The van der Waals surface area contributed by atoms with Crippen molar-refractivity contribution in [2.45, 2.75) is 12.6 Å². The maximum Gasteiger partial charge on any atom is 0.129 e. The fourth-order valence-electron chi connectivity index (χ4n) is 3.72. The second-order valence-corrected chi connectivity index (χ2v) is 7.63. The van der Waals surface area contributed by atoms with Crippen LogP contribution >= 0.6 is 36.2 Å². The number of rotatable bonds is 6. The molecule has 0 saturated carbocycles. The van der Waals surface area contributed by atoms with Crippen molar-refractivity contribution in [3.05, 3.63) is 65.2 Å². The zero-order valence-corrected chi connectivity index (χ0v) is 19.5. The topological polar surface area (TPSA) is 46.6 Å². The molecule has 1 unspecified atom stereocenters. The van der Waals surface area contributed by atoms with Crippen molar-refractivity contribution in [1.82, 2.24) is 15.2 Å². The quantitative estimate of drug-likeness (QED) is 0.562. The first kappa shape index (κ1) is 24.4. The predicted octanol–water partition coefficient (Wildman–Crippen LogP) is 4.82. The summed E-state index contributed by atoms with van der Waals surface area (Å²) in [5, 5.41) is 6.67. The van der Waals surface area contributed by atoms with Crippen molar-refractivity contribution in [3.63, 3.8) is 0 Å². The van der Waals surface area contributed by atoms with Crippen LogP contribution in [0.2, 0.25) is 0 Å². The number of thiazole rings is 1. The molecule has 1 atom stereocenters. The molecule has 0 bridgehead atoms. The van der Waals surface area contributed by atoms with Crippen LogP contribution in [0.3, 0.4) is 0 Å². The average molecular weight is 468 g/mol. The summed E-state index contributed by atoms with van der Waals surface area (Å²) < 4.78 is 11.1. The Bertz CT molecular complexity index is 938. The van der Waals surface area contributed by atoms with E-state index in [1.165, 1.54) is 5.56 Å². The van der Waals surface area contributed by atoms with Gasteiger partial charge in [-0.1, -0.05) is 30.3 Å². The van der Waals surface area contributed by atoms with Gasteiger partial charge in [-0.25, -0.2) is 4.98 Å². The lowest BCUT2D eigenvalue weighted by Crippen LogP contribution is -2.45. The van der Waals surface area contributed by atoms with E-state index < -0.39 is 0 Å². The van der Waals surface area contributed by atoms with E-state index in [4.69, 9.17) is 14.5 Å². The fraction of sp³-hybridized carbons (Fsp3) is 0.318. The molecule has 1 fully saturated rings. The molecule has 1 aromatic heterocycles. The zero-order valence-electron chi connectivity index (χ0n) is 17.0. The van der Waals surface area contributed by atoms with Gasteiger partial charge in [-0.05, 0) is 18.2 Å². The third-order valence-electron chi connectivity index (χ3n) is 5.11. The number of nitrogens with one attached hydrogen (secondary N) is 1. The van der Waals surface area contributed by atoms with Gasteiger partial charge in [-0.3, -0.25) is 4.90 Å². The van der Waals surface area contributed by atoms with E-state index >= 15 is 0 Å². The van der Waals surface area contributed by atoms with Crippen molar-refractivity contribution in [2.75, 3.05) is 33.9 Å². The molecule has 2 heterocycles. The lowest BCUT2D eigenvalue weighted by molar-refractivity contribution is 0.149. The molecule has 162 valence electrons. The molecular formula is C22H27Cl2N3O2S. The maximum absolute atomic E-state index is 5.60. The van der Waals surface area contributed by atoms with Crippen LogP contribution < -0.4 is 14.8 Å². The molecule has 0 aliphatic carbocycles. The summed E-state index contributed by atoms with van der Waals surface area (Å²) in [5.74, 6) is 1.80. The van der Waals surface area contributed by atoms with Gasteiger partial charge < -0.3 is 14.8 Å². The van der Waals surface area contributed by atoms with Crippen LogP contribution in [0, 0.1) is 0 Å². The van der Waals surface area contributed by atoms with Gasteiger partial charge in [-0.15, -0.1) is 36.2 Å². The van der Waals surface area contributed by atoms with Crippen molar-refractivity contribution in [2.24, 2.45) is 0 Å². The minimum absolute atomic E-state index is 0. The minimum Gasteiger partial charge on any atom is -0.496 e. The predicted molar refractivity (Wildman–Crippen MR) is 128 cm³/mol. The van der Waals surface area contributed by atoms with Crippen LogP contribution in [0.1, 0.15) is 17.3 Å². The van der Waals surface area contributed by atoms with Crippen LogP contribution in [0.4, 0.5) is 0 Å². The average Bonchev–Trinajstić information content (AvgIpc) is 3.22. The number of para-hydroxylation sites is 2. The van der Waals surface area contributed by atoms with Crippen molar-refractivity contribution >= 4 is 36.2 Å². The zero-order chi connectivity index (χ0) is 19.3. The van der Waals surface area contributed by atoms with Gasteiger partial charge in [-0.2, -0.15) is 0 Å². The Hall–Kier alpha value is -1.83. The van der Waals surface area contributed by atoms with Gasteiger partial charge in [0.25, 0.3) is 0 Å². The number of nitrogens with zero attached hydrogens (tertiary/aromatic N) is 2. The molecule has 0 spiro atoms. The molecule has 1 aliphatic heterocycles. The molecule has 1 N–H and O–H groups in total. The number of hydrogen-bond donors (Lipinski definition) is 1.